The zero-order chi connectivity index (χ0) is 17.3. The second-order valence-corrected chi connectivity index (χ2v) is 7.18. The first kappa shape index (κ1) is 17.1. The minimum Gasteiger partial charge on any atom is -0.366 e. The van der Waals surface area contributed by atoms with Gasteiger partial charge in [-0.3, -0.25) is 10.1 Å². The normalized spacial score (nSPS) is 30.0. The fraction of sp³-hybridized carbons (Fsp3) is 0.333. The Bertz CT molecular complexity index is 718. The summed E-state index contributed by atoms with van der Waals surface area (Å²) in [7, 11) is 0. The molecule has 1 N–H and O–H groups in total. The molecule has 1 saturated heterocycles. The van der Waals surface area contributed by atoms with Gasteiger partial charge in [0.05, 0.1) is 5.92 Å². The molecule has 1 aliphatic heterocycles. The van der Waals surface area contributed by atoms with Crippen LogP contribution in [0.3, 0.4) is 0 Å². The smallest absolute Gasteiger partial charge is 0.250 e. The second-order valence-electron chi connectivity index (χ2n) is 6.26. The van der Waals surface area contributed by atoms with Crippen LogP contribution in [0.25, 0.3) is 0 Å². The Kier molecular flexibility index (Phi) is 4.71. The topological polar surface area (TPSA) is 72.6 Å². The summed E-state index contributed by atoms with van der Waals surface area (Å²) in [6.07, 6.45) is -0.641. The van der Waals surface area contributed by atoms with Crippen molar-refractivity contribution in [3.63, 3.8) is 0 Å². The fourth-order valence-electron chi connectivity index (χ4n) is 3.32. The van der Waals surface area contributed by atoms with Crippen LogP contribution in [0.15, 0.2) is 59.1 Å². The third kappa shape index (κ3) is 3.50. The Morgan fingerprint density at radius 3 is 2.38 bits per heavy atom. The number of rotatable bonds is 3. The van der Waals surface area contributed by atoms with Gasteiger partial charge in [0, 0.05) is 15.8 Å². The Morgan fingerprint density at radius 1 is 1.17 bits per heavy atom. The van der Waals surface area contributed by atoms with Crippen LogP contribution in [0.2, 0.25) is 0 Å². The van der Waals surface area contributed by atoms with Crippen LogP contribution in [0, 0.1) is 10.1 Å². The van der Waals surface area contributed by atoms with E-state index < -0.39 is 23.9 Å². The number of aliphatic hydroxyl groups is 1. The molecule has 24 heavy (non-hydrogen) atoms. The van der Waals surface area contributed by atoms with Crippen LogP contribution in [0.5, 0.6) is 0 Å². The Balaban J connectivity index is 2.05. The lowest BCUT2D eigenvalue weighted by atomic mass is 9.79. The van der Waals surface area contributed by atoms with E-state index >= 15 is 0 Å². The summed E-state index contributed by atoms with van der Waals surface area (Å²) in [5.74, 6) is -1.86. The van der Waals surface area contributed by atoms with Gasteiger partial charge in [0.2, 0.25) is 6.04 Å². The largest absolute Gasteiger partial charge is 0.366 e. The van der Waals surface area contributed by atoms with Crippen LogP contribution in [0.1, 0.15) is 36.5 Å². The first-order valence-corrected chi connectivity index (χ1v) is 8.51. The molecule has 126 valence electrons. The van der Waals surface area contributed by atoms with Crippen molar-refractivity contribution in [3.05, 3.63) is 80.3 Å². The van der Waals surface area contributed by atoms with E-state index in [1.165, 1.54) is 0 Å². The van der Waals surface area contributed by atoms with Gasteiger partial charge in [-0.2, -0.15) is 0 Å². The third-order valence-corrected chi connectivity index (χ3v) is 4.90. The Hall–Kier alpha value is -1.76. The highest BCUT2D eigenvalue weighted by atomic mass is 79.9. The summed E-state index contributed by atoms with van der Waals surface area (Å²) in [6, 6.07) is 15.5. The van der Waals surface area contributed by atoms with Crippen LogP contribution in [0.4, 0.5) is 0 Å². The summed E-state index contributed by atoms with van der Waals surface area (Å²) in [4.78, 5) is 11.5. The number of nitrogens with zero attached hydrogens (tertiary/aromatic N) is 1. The summed E-state index contributed by atoms with van der Waals surface area (Å²) < 4.78 is 6.60. The summed E-state index contributed by atoms with van der Waals surface area (Å²) in [5.41, 5.74) is 1.52. The molecule has 0 spiro atoms. The SMILES string of the molecule is CC1(O)CC(c2ccccc2)C([N+](=O)[O-])C(c2ccc(Br)cc2)O1. The Morgan fingerprint density at radius 2 is 1.79 bits per heavy atom. The maximum atomic E-state index is 11.8. The molecule has 2 aromatic carbocycles. The lowest BCUT2D eigenvalue weighted by Crippen LogP contribution is -2.48. The molecule has 1 aliphatic rings. The van der Waals surface area contributed by atoms with E-state index in [1.54, 1.807) is 19.1 Å². The van der Waals surface area contributed by atoms with Gasteiger partial charge >= 0.3 is 0 Å². The fourth-order valence-corrected chi connectivity index (χ4v) is 3.59. The first-order chi connectivity index (χ1) is 11.4. The maximum absolute atomic E-state index is 11.8. The lowest BCUT2D eigenvalue weighted by molar-refractivity contribution is -0.555. The maximum Gasteiger partial charge on any atom is 0.250 e. The van der Waals surface area contributed by atoms with Crippen molar-refractivity contribution in [2.45, 2.75) is 37.2 Å². The van der Waals surface area contributed by atoms with Crippen LogP contribution < -0.4 is 0 Å². The van der Waals surface area contributed by atoms with E-state index in [1.807, 2.05) is 42.5 Å². The zero-order valence-electron chi connectivity index (χ0n) is 13.1. The number of halogens is 1. The molecule has 2 aromatic rings. The number of hydrogen-bond acceptors (Lipinski definition) is 4. The number of ether oxygens (including phenoxy) is 1. The molecule has 0 aliphatic carbocycles. The molecule has 6 heteroatoms. The van der Waals surface area contributed by atoms with Crippen molar-refractivity contribution in [1.29, 1.82) is 0 Å². The molecule has 0 aromatic heterocycles. The monoisotopic (exact) mass is 391 g/mol. The van der Waals surface area contributed by atoms with Gasteiger partial charge in [-0.25, -0.2) is 0 Å². The summed E-state index contributed by atoms with van der Waals surface area (Å²) in [5, 5.41) is 22.4. The van der Waals surface area contributed by atoms with E-state index in [-0.39, 0.29) is 11.3 Å². The predicted octanol–water partition coefficient (Wildman–Crippen LogP) is 4.05. The van der Waals surface area contributed by atoms with E-state index in [4.69, 9.17) is 4.74 Å². The van der Waals surface area contributed by atoms with E-state index in [0.29, 0.717) is 5.56 Å². The van der Waals surface area contributed by atoms with Gasteiger partial charge < -0.3 is 9.84 Å². The van der Waals surface area contributed by atoms with Crippen LogP contribution >= 0.6 is 15.9 Å². The van der Waals surface area contributed by atoms with Crippen molar-refractivity contribution < 1.29 is 14.8 Å². The number of benzene rings is 2. The molecular weight excluding hydrogens is 374 g/mol. The van der Waals surface area contributed by atoms with Crippen molar-refractivity contribution in [2.75, 3.05) is 0 Å². The van der Waals surface area contributed by atoms with Gasteiger partial charge in [-0.1, -0.05) is 58.4 Å². The van der Waals surface area contributed by atoms with Crippen molar-refractivity contribution >= 4 is 15.9 Å². The zero-order valence-corrected chi connectivity index (χ0v) is 14.7. The van der Waals surface area contributed by atoms with Gasteiger partial charge in [0.15, 0.2) is 11.9 Å². The van der Waals surface area contributed by atoms with Gasteiger partial charge in [0.25, 0.3) is 0 Å². The highest BCUT2D eigenvalue weighted by molar-refractivity contribution is 9.10. The minimum atomic E-state index is -1.43. The quantitative estimate of drug-likeness (QED) is 0.632. The summed E-state index contributed by atoms with van der Waals surface area (Å²) in [6.45, 7) is 1.56. The number of hydrogen-bond donors (Lipinski definition) is 1. The highest BCUT2D eigenvalue weighted by Crippen LogP contribution is 2.45. The number of nitro groups is 1. The van der Waals surface area contributed by atoms with Crippen molar-refractivity contribution in [1.82, 2.24) is 0 Å². The standard InChI is InChI=1S/C18H18BrNO4/c1-18(21)11-15(12-5-3-2-4-6-12)16(20(22)23)17(24-18)13-7-9-14(19)10-8-13/h2-10,15-17,21H,11H2,1H3. The van der Waals surface area contributed by atoms with Gasteiger partial charge in [0.1, 0.15) is 0 Å². The molecule has 0 bridgehead atoms. The predicted molar refractivity (Wildman–Crippen MR) is 93.2 cm³/mol. The van der Waals surface area contributed by atoms with Crippen molar-refractivity contribution in [3.8, 4) is 0 Å². The molecule has 1 fully saturated rings. The second kappa shape index (κ2) is 6.63. The highest BCUT2D eigenvalue weighted by Gasteiger charge is 2.51. The molecule has 1 heterocycles. The van der Waals surface area contributed by atoms with E-state index in [0.717, 1.165) is 10.0 Å². The van der Waals surface area contributed by atoms with Crippen molar-refractivity contribution in [2.24, 2.45) is 0 Å². The van der Waals surface area contributed by atoms with E-state index in [2.05, 4.69) is 15.9 Å². The lowest BCUT2D eigenvalue weighted by Gasteiger charge is -2.41. The molecule has 0 radical (unpaired) electrons. The van der Waals surface area contributed by atoms with Gasteiger partial charge in [-0.05, 0) is 30.2 Å². The molecule has 4 unspecified atom stereocenters. The third-order valence-electron chi connectivity index (χ3n) is 4.37. The van der Waals surface area contributed by atoms with Gasteiger partial charge in [-0.15, -0.1) is 0 Å². The molecule has 0 saturated carbocycles. The molecule has 5 nitrogen and oxygen atoms in total. The van der Waals surface area contributed by atoms with E-state index in [9.17, 15) is 15.2 Å². The molecule has 0 amide bonds. The first-order valence-electron chi connectivity index (χ1n) is 7.71. The van der Waals surface area contributed by atoms with Crippen LogP contribution in [-0.4, -0.2) is 21.9 Å². The molecule has 4 atom stereocenters. The Labute approximate surface area is 148 Å². The summed E-state index contributed by atoms with van der Waals surface area (Å²) >= 11 is 3.36. The minimum absolute atomic E-state index is 0.176. The molecular formula is C18H18BrNO4. The average molecular weight is 392 g/mol. The average Bonchev–Trinajstić information content (AvgIpc) is 2.54. The molecule has 3 rings (SSSR count). The van der Waals surface area contributed by atoms with Crippen LogP contribution in [-0.2, 0) is 4.74 Å².